The third-order valence-electron chi connectivity index (χ3n) is 4.71. The molecule has 4 heteroatoms. The van der Waals surface area contributed by atoms with Crippen molar-refractivity contribution in [3.05, 3.63) is 90.5 Å². The molecule has 0 saturated heterocycles. The van der Waals surface area contributed by atoms with Gasteiger partial charge in [-0.2, -0.15) is 0 Å². The van der Waals surface area contributed by atoms with E-state index in [0.717, 1.165) is 17.6 Å². The monoisotopic (exact) mass is 393 g/mol. The molecular weight excluding hydrogens is 365 g/mol. The van der Waals surface area contributed by atoms with Gasteiger partial charge in [-0.25, -0.2) is 0 Å². The molecule has 3 aromatic carbocycles. The molecule has 3 atom stereocenters. The minimum absolute atomic E-state index is 0.0598. The van der Waals surface area contributed by atoms with E-state index in [-0.39, 0.29) is 6.04 Å². The number of ether oxygens (including phenoxy) is 1. The van der Waals surface area contributed by atoms with Gasteiger partial charge in [0.1, 0.15) is 5.75 Å². The SMILES string of the molecule is CCOc1ccccc1P(CN[C@@H](C)[C@H](O)c1ccccc1)c1ccccc1. The van der Waals surface area contributed by atoms with Gasteiger partial charge in [0.05, 0.1) is 12.7 Å². The fraction of sp³-hybridized carbons (Fsp3) is 0.250. The Morgan fingerprint density at radius 2 is 1.50 bits per heavy atom. The molecular formula is C24H28NO2P. The zero-order chi connectivity index (χ0) is 19.8. The summed E-state index contributed by atoms with van der Waals surface area (Å²) < 4.78 is 5.90. The van der Waals surface area contributed by atoms with E-state index in [1.807, 2.05) is 62.4 Å². The number of para-hydroxylation sites is 1. The summed E-state index contributed by atoms with van der Waals surface area (Å²) in [6, 6.07) is 28.6. The number of benzene rings is 3. The molecule has 28 heavy (non-hydrogen) atoms. The molecule has 0 saturated carbocycles. The van der Waals surface area contributed by atoms with E-state index in [2.05, 4.69) is 41.7 Å². The van der Waals surface area contributed by atoms with Crippen LogP contribution in [0.2, 0.25) is 0 Å². The fourth-order valence-electron chi connectivity index (χ4n) is 3.17. The summed E-state index contributed by atoms with van der Waals surface area (Å²) in [6.07, 6.45) is 0.227. The Morgan fingerprint density at radius 3 is 2.18 bits per heavy atom. The molecule has 0 heterocycles. The lowest BCUT2D eigenvalue weighted by Crippen LogP contribution is -2.35. The van der Waals surface area contributed by atoms with Gasteiger partial charge in [-0.05, 0) is 38.7 Å². The average molecular weight is 393 g/mol. The van der Waals surface area contributed by atoms with Crippen LogP contribution < -0.4 is 20.7 Å². The Hall–Kier alpha value is -2.19. The second-order valence-electron chi connectivity index (χ2n) is 6.67. The normalized spacial score (nSPS) is 14.2. The Morgan fingerprint density at radius 1 is 0.893 bits per heavy atom. The minimum atomic E-state index is -0.657. The van der Waals surface area contributed by atoms with Crippen LogP contribution in [0.1, 0.15) is 25.5 Å². The highest BCUT2D eigenvalue weighted by atomic mass is 31.1. The maximum absolute atomic E-state index is 10.7. The van der Waals surface area contributed by atoms with Gasteiger partial charge < -0.3 is 15.2 Å². The van der Waals surface area contributed by atoms with Crippen LogP contribution in [0.4, 0.5) is 0 Å². The number of aliphatic hydroxyl groups is 1. The highest BCUT2D eigenvalue weighted by molar-refractivity contribution is 7.73. The third-order valence-corrected chi connectivity index (χ3v) is 7.08. The molecule has 3 nitrogen and oxygen atoms in total. The van der Waals surface area contributed by atoms with Crippen molar-refractivity contribution in [3.63, 3.8) is 0 Å². The molecule has 0 radical (unpaired) electrons. The van der Waals surface area contributed by atoms with E-state index in [0.29, 0.717) is 6.61 Å². The quantitative estimate of drug-likeness (QED) is 0.536. The van der Waals surface area contributed by atoms with E-state index in [4.69, 9.17) is 4.74 Å². The zero-order valence-corrected chi connectivity index (χ0v) is 17.3. The standard InChI is InChI=1S/C24H28NO2P/c1-3-27-22-16-10-11-17-23(22)28(21-14-8-5-9-15-21)18-25-19(2)24(26)20-12-6-4-7-13-20/h4-17,19,24-26H,3,18H2,1-2H3/t19-,24-,28?/m0/s1. The van der Waals surface area contributed by atoms with Gasteiger partial charge in [0.15, 0.2) is 0 Å². The largest absolute Gasteiger partial charge is 0.493 e. The summed E-state index contributed by atoms with van der Waals surface area (Å²) in [5.41, 5.74) is 0.932. The molecule has 0 aliphatic carbocycles. The van der Waals surface area contributed by atoms with Crippen LogP contribution in [-0.4, -0.2) is 24.0 Å². The van der Waals surface area contributed by atoms with Crippen molar-refractivity contribution >= 4 is 18.5 Å². The molecule has 146 valence electrons. The molecule has 3 rings (SSSR count). The number of hydrogen-bond donors (Lipinski definition) is 2. The average Bonchev–Trinajstić information content (AvgIpc) is 2.76. The Kier molecular flexibility index (Phi) is 7.62. The molecule has 0 fully saturated rings. The zero-order valence-electron chi connectivity index (χ0n) is 16.5. The van der Waals surface area contributed by atoms with Gasteiger partial charge in [-0.15, -0.1) is 0 Å². The summed E-state index contributed by atoms with van der Waals surface area (Å²) in [7, 11) is -0.657. The Balaban J connectivity index is 1.81. The van der Waals surface area contributed by atoms with Crippen LogP contribution >= 0.6 is 7.92 Å². The van der Waals surface area contributed by atoms with E-state index in [1.165, 1.54) is 10.6 Å². The smallest absolute Gasteiger partial charge is 0.127 e. The first kappa shape index (κ1) is 20.5. The number of hydrogen-bond acceptors (Lipinski definition) is 3. The van der Waals surface area contributed by atoms with Crippen LogP contribution in [0.5, 0.6) is 5.75 Å². The lowest BCUT2D eigenvalue weighted by molar-refractivity contribution is 0.139. The van der Waals surface area contributed by atoms with Crippen LogP contribution in [0.25, 0.3) is 0 Å². The van der Waals surface area contributed by atoms with E-state index in [1.54, 1.807) is 0 Å². The van der Waals surface area contributed by atoms with Gasteiger partial charge in [0.2, 0.25) is 0 Å². The molecule has 1 unspecified atom stereocenters. The van der Waals surface area contributed by atoms with Crippen molar-refractivity contribution in [2.75, 3.05) is 12.9 Å². The summed E-state index contributed by atoms with van der Waals surface area (Å²) in [5, 5.41) is 16.8. The lowest BCUT2D eigenvalue weighted by atomic mass is 10.0. The number of rotatable bonds is 9. The van der Waals surface area contributed by atoms with Crippen molar-refractivity contribution in [2.45, 2.75) is 26.0 Å². The summed E-state index contributed by atoms with van der Waals surface area (Å²) in [6.45, 7) is 4.69. The molecule has 0 amide bonds. The molecule has 0 aromatic heterocycles. The Labute approximate surface area is 169 Å². The maximum atomic E-state index is 10.7. The van der Waals surface area contributed by atoms with Gasteiger partial charge in [-0.1, -0.05) is 78.9 Å². The van der Waals surface area contributed by atoms with Crippen molar-refractivity contribution in [1.29, 1.82) is 0 Å². The van der Waals surface area contributed by atoms with Crippen LogP contribution in [0, 0.1) is 0 Å². The van der Waals surface area contributed by atoms with Gasteiger partial charge in [-0.3, -0.25) is 0 Å². The first-order valence-electron chi connectivity index (χ1n) is 9.71. The predicted octanol–water partition coefficient (Wildman–Crippen LogP) is 4.19. The van der Waals surface area contributed by atoms with Crippen LogP contribution in [0.3, 0.4) is 0 Å². The van der Waals surface area contributed by atoms with Gasteiger partial charge in [0.25, 0.3) is 0 Å². The number of aliphatic hydroxyl groups excluding tert-OH is 1. The van der Waals surface area contributed by atoms with Gasteiger partial charge in [0, 0.05) is 17.6 Å². The molecule has 3 aromatic rings. The molecule has 0 spiro atoms. The summed E-state index contributed by atoms with van der Waals surface area (Å²) in [5.74, 6) is 0.943. The predicted molar refractivity (Wildman–Crippen MR) is 119 cm³/mol. The fourth-order valence-corrected chi connectivity index (χ4v) is 5.47. The highest BCUT2D eigenvalue weighted by Crippen LogP contribution is 2.36. The van der Waals surface area contributed by atoms with E-state index >= 15 is 0 Å². The summed E-state index contributed by atoms with van der Waals surface area (Å²) in [4.78, 5) is 0. The van der Waals surface area contributed by atoms with Gasteiger partial charge >= 0.3 is 0 Å². The highest BCUT2D eigenvalue weighted by Gasteiger charge is 2.21. The second kappa shape index (κ2) is 10.4. The van der Waals surface area contributed by atoms with E-state index < -0.39 is 14.0 Å². The van der Waals surface area contributed by atoms with Crippen LogP contribution in [-0.2, 0) is 0 Å². The molecule has 0 aliphatic heterocycles. The minimum Gasteiger partial charge on any atom is -0.493 e. The van der Waals surface area contributed by atoms with Crippen molar-refractivity contribution in [3.8, 4) is 5.75 Å². The van der Waals surface area contributed by atoms with Crippen molar-refractivity contribution < 1.29 is 9.84 Å². The molecule has 2 N–H and O–H groups in total. The van der Waals surface area contributed by atoms with Crippen molar-refractivity contribution in [1.82, 2.24) is 5.32 Å². The second-order valence-corrected chi connectivity index (χ2v) is 8.84. The van der Waals surface area contributed by atoms with E-state index in [9.17, 15) is 5.11 Å². The molecule has 0 aliphatic rings. The topological polar surface area (TPSA) is 41.5 Å². The Bertz CT molecular complexity index is 841. The van der Waals surface area contributed by atoms with Crippen molar-refractivity contribution in [2.24, 2.45) is 0 Å². The van der Waals surface area contributed by atoms with Crippen LogP contribution in [0.15, 0.2) is 84.9 Å². The maximum Gasteiger partial charge on any atom is 0.127 e. The molecule has 0 bridgehead atoms. The first-order chi connectivity index (χ1) is 13.7. The summed E-state index contributed by atoms with van der Waals surface area (Å²) >= 11 is 0. The number of nitrogens with one attached hydrogen (secondary N) is 1. The lowest BCUT2D eigenvalue weighted by Gasteiger charge is -2.26. The third kappa shape index (κ3) is 5.20. The first-order valence-corrected chi connectivity index (χ1v) is 11.2.